The Balaban J connectivity index is 1.71. The molecule has 1 aromatic carbocycles. The van der Waals surface area contributed by atoms with Crippen LogP contribution in [0.1, 0.15) is 30.7 Å². The molecule has 0 radical (unpaired) electrons. The highest BCUT2D eigenvalue weighted by Crippen LogP contribution is 2.23. The molecular weight excluding hydrogens is 380 g/mol. The number of nitrogen functional groups attached to an aromatic ring is 1. The lowest BCUT2D eigenvalue weighted by atomic mass is 10.1. The Morgan fingerprint density at radius 3 is 2.79 bits per heavy atom. The number of fused-ring (bicyclic) bond motifs is 1. The number of nitrogens with two attached hydrogens (primary N) is 1. The van der Waals surface area contributed by atoms with Gasteiger partial charge in [0.1, 0.15) is 16.3 Å². The summed E-state index contributed by atoms with van der Waals surface area (Å²) in [6.45, 7) is 7.00. The fourth-order valence-electron chi connectivity index (χ4n) is 2.75. The number of hydrogen-bond acceptors (Lipinski definition) is 8. The van der Waals surface area contributed by atoms with Crippen molar-refractivity contribution in [3.05, 3.63) is 51.5 Å². The van der Waals surface area contributed by atoms with Gasteiger partial charge < -0.3 is 14.9 Å². The Morgan fingerprint density at radius 1 is 1.36 bits per heavy atom. The van der Waals surface area contributed by atoms with E-state index in [4.69, 9.17) is 14.9 Å². The monoisotopic (exact) mass is 400 g/mol. The van der Waals surface area contributed by atoms with Crippen LogP contribution in [0.4, 0.5) is 5.00 Å². The number of amides is 1. The maximum absolute atomic E-state index is 12.3. The molecule has 0 spiro atoms. The van der Waals surface area contributed by atoms with E-state index < -0.39 is 17.6 Å². The lowest BCUT2D eigenvalue weighted by Crippen LogP contribution is -2.34. The fourth-order valence-corrected chi connectivity index (χ4v) is 3.46. The van der Waals surface area contributed by atoms with Crippen LogP contribution in [0.2, 0.25) is 0 Å². The van der Waals surface area contributed by atoms with Gasteiger partial charge in [-0.1, -0.05) is 0 Å². The molecule has 0 aliphatic heterocycles. The molecular formula is C19H20N4O4S. The van der Waals surface area contributed by atoms with Crippen molar-refractivity contribution in [3.63, 3.8) is 0 Å². The van der Waals surface area contributed by atoms with Crippen LogP contribution >= 0.6 is 11.5 Å². The van der Waals surface area contributed by atoms with E-state index in [2.05, 4.69) is 14.9 Å². The predicted molar refractivity (Wildman–Crippen MR) is 109 cm³/mol. The average Bonchev–Trinajstić information content (AvgIpc) is 2.97. The van der Waals surface area contributed by atoms with Crippen molar-refractivity contribution >= 4 is 39.1 Å². The second-order valence-corrected chi connectivity index (χ2v) is 7.15. The molecule has 0 saturated heterocycles. The second kappa shape index (κ2) is 7.81. The number of aryl methyl sites for hydroxylation is 2. The smallest absolute Gasteiger partial charge is 0.336 e. The summed E-state index contributed by atoms with van der Waals surface area (Å²) >= 11 is 1.18. The summed E-state index contributed by atoms with van der Waals surface area (Å²) in [5, 5.41) is 5.44. The highest BCUT2D eigenvalue weighted by atomic mass is 32.1. The maximum Gasteiger partial charge on any atom is 0.336 e. The summed E-state index contributed by atoms with van der Waals surface area (Å²) in [6, 6.07) is 6.51. The van der Waals surface area contributed by atoms with Crippen molar-refractivity contribution in [2.45, 2.75) is 33.8 Å². The van der Waals surface area contributed by atoms with Crippen LogP contribution in [-0.2, 0) is 4.79 Å². The fraction of sp³-hybridized carbons (Fsp3) is 0.263. The number of nitrogens with zero attached hydrogens (tertiary/aromatic N) is 2. The molecule has 3 N–H and O–H groups in total. The molecule has 1 amide bonds. The van der Waals surface area contributed by atoms with E-state index in [1.807, 2.05) is 13.8 Å². The minimum absolute atomic E-state index is 0.403. The third kappa shape index (κ3) is 4.04. The molecule has 3 rings (SSSR count). The van der Waals surface area contributed by atoms with E-state index in [1.54, 1.807) is 32.0 Å². The molecule has 2 aromatic heterocycles. The number of nitrogens with one attached hydrogen (secondary N) is 1. The predicted octanol–water partition coefficient (Wildman–Crippen LogP) is 2.76. The van der Waals surface area contributed by atoms with Gasteiger partial charge in [-0.25, -0.2) is 10.2 Å². The van der Waals surface area contributed by atoms with Crippen molar-refractivity contribution in [1.29, 1.82) is 0 Å². The first-order valence-electron chi connectivity index (χ1n) is 8.53. The van der Waals surface area contributed by atoms with Crippen molar-refractivity contribution in [3.8, 4) is 5.75 Å². The van der Waals surface area contributed by atoms with Gasteiger partial charge in [-0.3, -0.25) is 4.79 Å². The number of carbonyl (C=O) groups is 1. The lowest BCUT2D eigenvalue weighted by molar-refractivity contribution is -0.127. The number of carbonyl (C=O) groups excluding carboxylic acids is 1. The second-order valence-electron chi connectivity index (χ2n) is 6.35. The van der Waals surface area contributed by atoms with Crippen molar-refractivity contribution in [2.24, 2.45) is 5.10 Å². The largest absolute Gasteiger partial charge is 0.481 e. The number of hydrogen-bond donors (Lipinski definition) is 2. The number of ether oxygens (including phenoxy) is 1. The Morgan fingerprint density at radius 2 is 2.11 bits per heavy atom. The van der Waals surface area contributed by atoms with E-state index in [0.717, 1.165) is 22.2 Å². The van der Waals surface area contributed by atoms with Crippen molar-refractivity contribution in [2.75, 3.05) is 5.73 Å². The van der Waals surface area contributed by atoms with Gasteiger partial charge in [0.05, 0.1) is 17.0 Å². The van der Waals surface area contributed by atoms with E-state index in [1.165, 1.54) is 17.6 Å². The number of rotatable bonds is 5. The third-order valence-corrected chi connectivity index (χ3v) is 4.96. The van der Waals surface area contributed by atoms with Crippen LogP contribution < -0.4 is 21.5 Å². The SMILES string of the molecule is C/C(=N/NC(=O)[C@H](C)Oc1ccc2c(C)cc(=O)oc2c1)c1c(C)nsc1N. The first-order chi connectivity index (χ1) is 13.3. The average molecular weight is 400 g/mol. The third-order valence-electron chi connectivity index (χ3n) is 4.19. The molecule has 0 aliphatic carbocycles. The summed E-state index contributed by atoms with van der Waals surface area (Å²) in [5.74, 6) is -0.0173. The van der Waals surface area contributed by atoms with Gasteiger partial charge >= 0.3 is 5.63 Å². The van der Waals surface area contributed by atoms with Crippen molar-refractivity contribution in [1.82, 2.24) is 9.80 Å². The zero-order chi connectivity index (χ0) is 20.4. The van der Waals surface area contributed by atoms with Gasteiger partial charge in [-0.15, -0.1) is 0 Å². The van der Waals surface area contributed by atoms with E-state index in [9.17, 15) is 9.59 Å². The standard InChI is InChI=1S/C19H20N4O4S/c1-9-7-16(24)27-15-8-13(5-6-14(9)15)26-12(4)19(25)22-21-10(2)17-11(3)23-28-18(17)20/h5-8,12H,20H2,1-4H3,(H,22,25)/b21-10-/t12-/m0/s1. The summed E-state index contributed by atoms with van der Waals surface area (Å²) in [5.41, 5.74) is 11.2. The normalized spacial score (nSPS) is 12.8. The molecule has 0 bridgehead atoms. The molecule has 3 aromatic rings. The van der Waals surface area contributed by atoms with Crippen LogP contribution in [0.3, 0.4) is 0 Å². The highest BCUT2D eigenvalue weighted by molar-refractivity contribution is 7.10. The van der Waals surface area contributed by atoms with Gasteiger partial charge in [-0.05, 0) is 56.9 Å². The lowest BCUT2D eigenvalue weighted by Gasteiger charge is -2.14. The maximum atomic E-state index is 12.3. The van der Waals surface area contributed by atoms with Crippen LogP contribution in [0.15, 0.2) is 38.6 Å². The van der Waals surface area contributed by atoms with Gasteiger partial charge in [0.15, 0.2) is 6.10 Å². The van der Waals surface area contributed by atoms with Crippen LogP contribution in [0.5, 0.6) is 5.75 Å². The number of benzene rings is 1. The highest BCUT2D eigenvalue weighted by Gasteiger charge is 2.16. The molecule has 28 heavy (non-hydrogen) atoms. The molecule has 8 nitrogen and oxygen atoms in total. The van der Waals surface area contributed by atoms with E-state index >= 15 is 0 Å². The van der Waals surface area contributed by atoms with Crippen LogP contribution in [0, 0.1) is 13.8 Å². The Bertz CT molecular complexity index is 1110. The van der Waals surface area contributed by atoms with E-state index in [-0.39, 0.29) is 0 Å². The summed E-state index contributed by atoms with van der Waals surface area (Å²) in [4.78, 5) is 23.8. The van der Waals surface area contributed by atoms with Crippen LogP contribution in [0.25, 0.3) is 11.0 Å². The summed E-state index contributed by atoms with van der Waals surface area (Å²) in [7, 11) is 0. The van der Waals surface area contributed by atoms with Gasteiger partial charge in [0.25, 0.3) is 5.91 Å². The van der Waals surface area contributed by atoms with Gasteiger partial charge in [-0.2, -0.15) is 9.47 Å². The summed E-state index contributed by atoms with van der Waals surface area (Å²) in [6.07, 6.45) is -0.815. The minimum atomic E-state index is -0.815. The van der Waals surface area contributed by atoms with Crippen LogP contribution in [-0.4, -0.2) is 22.1 Å². The van der Waals surface area contributed by atoms with Gasteiger partial charge in [0, 0.05) is 17.5 Å². The summed E-state index contributed by atoms with van der Waals surface area (Å²) < 4.78 is 15.0. The molecule has 1 atom stereocenters. The Labute approximate surface area is 165 Å². The number of anilines is 1. The molecule has 0 unspecified atom stereocenters. The molecule has 9 heteroatoms. The van der Waals surface area contributed by atoms with Crippen molar-refractivity contribution < 1.29 is 13.9 Å². The molecule has 0 fully saturated rings. The number of hydrazone groups is 1. The Hall–Kier alpha value is -3.20. The topological polar surface area (TPSA) is 120 Å². The first kappa shape index (κ1) is 19.6. The molecule has 0 aliphatic rings. The van der Waals surface area contributed by atoms with E-state index in [0.29, 0.717) is 22.0 Å². The van der Waals surface area contributed by atoms with Gasteiger partial charge in [0.2, 0.25) is 0 Å². The quantitative estimate of drug-likeness (QED) is 0.386. The molecule has 146 valence electrons. The first-order valence-corrected chi connectivity index (χ1v) is 9.31. The Kier molecular flexibility index (Phi) is 5.46. The minimum Gasteiger partial charge on any atom is -0.481 e. The molecule has 0 saturated carbocycles. The molecule has 2 heterocycles. The zero-order valence-corrected chi connectivity index (χ0v) is 16.7. The zero-order valence-electron chi connectivity index (χ0n) is 15.9. The number of aromatic nitrogens is 1.